The zero-order valence-electron chi connectivity index (χ0n) is 11.0. The molecule has 2 aromatic carbocycles. The van der Waals surface area contributed by atoms with E-state index in [4.69, 9.17) is 11.6 Å². The van der Waals surface area contributed by atoms with Crippen molar-refractivity contribution in [3.63, 3.8) is 0 Å². The molecule has 0 saturated carbocycles. The summed E-state index contributed by atoms with van der Waals surface area (Å²) in [6, 6.07) is 6.98. The lowest BCUT2D eigenvalue weighted by Crippen LogP contribution is -2.00. The summed E-state index contributed by atoms with van der Waals surface area (Å²) in [7, 11) is 0. The molecule has 0 aromatic heterocycles. The molecule has 0 aliphatic heterocycles. The van der Waals surface area contributed by atoms with Gasteiger partial charge in [0.15, 0.2) is 17.5 Å². The largest absolute Gasteiger partial charge is 0.355 e. The van der Waals surface area contributed by atoms with E-state index in [2.05, 4.69) is 11.9 Å². The van der Waals surface area contributed by atoms with E-state index in [0.29, 0.717) is 16.3 Å². The maximum atomic E-state index is 13.2. The second kappa shape index (κ2) is 6.45. The van der Waals surface area contributed by atoms with Crippen molar-refractivity contribution in [1.29, 1.82) is 0 Å². The smallest absolute Gasteiger partial charge is 0.194 e. The van der Waals surface area contributed by atoms with Gasteiger partial charge >= 0.3 is 0 Å². The zero-order valence-corrected chi connectivity index (χ0v) is 12.6. The molecule has 6 heteroatoms. The van der Waals surface area contributed by atoms with E-state index < -0.39 is 17.5 Å². The SMILES string of the molecule is C=C(Nc1cc(F)c(F)c(F)c1)c1ccc(Cl)c(SC)c1. The number of halogens is 4. The maximum Gasteiger partial charge on any atom is 0.194 e. The fraction of sp³-hybridized carbons (Fsp3) is 0.0667. The van der Waals surface area contributed by atoms with Crippen LogP contribution >= 0.6 is 23.4 Å². The van der Waals surface area contributed by atoms with Crippen LogP contribution < -0.4 is 5.32 Å². The molecule has 0 fully saturated rings. The van der Waals surface area contributed by atoms with Crippen LogP contribution in [0.5, 0.6) is 0 Å². The second-order valence-electron chi connectivity index (χ2n) is 4.21. The molecule has 2 aromatic rings. The van der Waals surface area contributed by atoms with Crippen LogP contribution in [0.4, 0.5) is 18.9 Å². The molecule has 2 rings (SSSR count). The molecule has 0 amide bonds. The number of anilines is 1. The average Bonchev–Trinajstić information content (AvgIpc) is 2.45. The minimum absolute atomic E-state index is 0.0806. The van der Waals surface area contributed by atoms with Crippen molar-refractivity contribution in [3.8, 4) is 0 Å². The first-order valence-corrected chi connectivity index (χ1v) is 7.47. The van der Waals surface area contributed by atoms with Crippen molar-refractivity contribution in [2.24, 2.45) is 0 Å². The molecular formula is C15H11ClF3NS. The van der Waals surface area contributed by atoms with Gasteiger partial charge in [0.2, 0.25) is 0 Å². The van der Waals surface area contributed by atoms with Gasteiger partial charge in [0.1, 0.15) is 0 Å². The van der Waals surface area contributed by atoms with Crippen molar-refractivity contribution < 1.29 is 13.2 Å². The molecule has 0 aliphatic rings. The Balaban J connectivity index is 2.26. The first-order chi connectivity index (χ1) is 9.92. The predicted octanol–water partition coefficient (Wildman–Crippen LogP) is 5.56. The van der Waals surface area contributed by atoms with Crippen molar-refractivity contribution in [1.82, 2.24) is 0 Å². The van der Waals surface area contributed by atoms with Gasteiger partial charge in [0.05, 0.1) is 5.02 Å². The number of rotatable bonds is 4. The highest BCUT2D eigenvalue weighted by molar-refractivity contribution is 7.98. The number of hydrogen-bond acceptors (Lipinski definition) is 2. The lowest BCUT2D eigenvalue weighted by Gasteiger charge is -2.12. The summed E-state index contributed by atoms with van der Waals surface area (Å²) in [5.74, 6) is -4.01. The summed E-state index contributed by atoms with van der Waals surface area (Å²) in [5, 5.41) is 3.35. The lowest BCUT2D eigenvalue weighted by atomic mass is 10.1. The van der Waals surface area contributed by atoms with Crippen LogP contribution in [0.3, 0.4) is 0 Å². The van der Waals surface area contributed by atoms with Crippen molar-refractivity contribution in [2.75, 3.05) is 11.6 Å². The predicted molar refractivity (Wildman–Crippen MR) is 82.2 cm³/mol. The van der Waals surface area contributed by atoms with Gasteiger partial charge in [0.25, 0.3) is 0 Å². The van der Waals surface area contributed by atoms with Crippen LogP contribution in [-0.4, -0.2) is 6.26 Å². The third-order valence-corrected chi connectivity index (χ3v) is 4.00. The van der Waals surface area contributed by atoms with E-state index in [-0.39, 0.29) is 5.69 Å². The topological polar surface area (TPSA) is 12.0 Å². The van der Waals surface area contributed by atoms with Gasteiger partial charge < -0.3 is 5.32 Å². The van der Waals surface area contributed by atoms with Crippen molar-refractivity contribution in [2.45, 2.75) is 4.90 Å². The summed E-state index contributed by atoms with van der Waals surface area (Å²) in [5.41, 5.74) is 1.22. The molecule has 0 heterocycles. The van der Waals surface area contributed by atoms with Gasteiger partial charge in [0, 0.05) is 28.4 Å². The maximum absolute atomic E-state index is 13.2. The van der Waals surface area contributed by atoms with Crippen molar-refractivity contribution >= 4 is 34.7 Å². The standard InChI is InChI=1S/C15H11ClF3NS/c1-8(9-3-4-11(16)14(5-9)21-2)20-10-6-12(17)15(19)13(18)7-10/h3-7,20H,1H2,2H3. The van der Waals surface area contributed by atoms with E-state index in [1.807, 2.05) is 6.26 Å². The van der Waals surface area contributed by atoms with Gasteiger partial charge in [-0.3, -0.25) is 0 Å². The molecule has 1 N–H and O–H groups in total. The van der Waals surface area contributed by atoms with Gasteiger partial charge in [-0.2, -0.15) is 0 Å². The first-order valence-electron chi connectivity index (χ1n) is 5.86. The summed E-state index contributed by atoms with van der Waals surface area (Å²) in [4.78, 5) is 0.855. The first kappa shape index (κ1) is 15.8. The fourth-order valence-electron chi connectivity index (χ4n) is 1.72. The summed E-state index contributed by atoms with van der Waals surface area (Å²) in [6.07, 6.45) is 1.88. The van der Waals surface area contributed by atoms with Crippen LogP contribution in [-0.2, 0) is 0 Å². The normalized spacial score (nSPS) is 10.5. The van der Waals surface area contributed by atoms with E-state index in [9.17, 15) is 13.2 Å². The Labute approximate surface area is 129 Å². The Bertz CT molecular complexity index is 680. The Hall–Kier alpha value is -1.59. The minimum atomic E-state index is -1.50. The molecule has 0 aliphatic carbocycles. The summed E-state index contributed by atoms with van der Waals surface area (Å²) in [6.45, 7) is 3.80. The second-order valence-corrected chi connectivity index (χ2v) is 5.46. The van der Waals surface area contributed by atoms with E-state index >= 15 is 0 Å². The molecule has 0 unspecified atom stereocenters. The van der Waals surface area contributed by atoms with Gasteiger partial charge in [-0.25, -0.2) is 13.2 Å². The molecule has 0 spiro atoms. The minimum Gasteiger partial charge on any atom is -0.355 e. The van der Waals surface area contributed by atoms with Crippen LogP contribution in [0, 0.1) is 17.5 Å². The Morgan fingerprint density at radius 2 is 1.76 bits per heavy atom. The molecule has 21 heavy (non-hydrogen) atoms. The Kier molecular flexibility index (Phi) is 4.85. The third kappa shape index (κ3) is 3.54. The van der Waals surface area contributed by atoms with E-state index in [0.717, 1.165) is 17.0 Å². The number of thioether (sulfide) groups is 1. The van der Waals surface area contributed by atoms with Crippen LogP contribution in [0.25, 0.3) is 5.70 Å². The van der Waals surface area contributed by atoms with Crippen LogP contribution in [0.15, 0.2) is 41.8 Å². The zero-order chi connectivity index (χ0) is 15.6. The Morgan fingerprint density at radius 3 is 2.33 bits per heavy atom. The number of nitrogens with one attached hydrogen (secondary N) is 1. The van der Waals surface area contributed by atoms with Gasteiger partial charge in [-0.1, -0.05) is 24.2 Å². The van der Waals surface area contributed by atoms with E-state index in [1.165, 1.54) is 11.8 Å². The number of hydrogen-bond donors (Lipinski definition) is 1. The molecule has 0 atom stereocenters. The highest BCUT2D eigenvalue weighted by atomic mass is 35.5. The summed E-state index contributed by atoms with van der Waals surface area (Å²) >= 11 is 7.48. The average molecular weight is 330 g/mol. The molecule has 0 saturated heterocycles. The quantitative estimate of drug-likeness (QED) is 0.582. The third-order valence-electron chi connectivity index (χ3n) is 2.78. The fourth-order valence-corrected chi connectivity index (χ4v) is 2.58. The van der Waals surface area contributed by atoms with Crippen LogP contribution in [0.2, 0.25) is 5.02 Å². The number of benzene rings is 2. The highest BCUT2D eigenvalue weighted by Gasteiger charge is 2.11. The van der Waals surface area contributed by atoms with Gasteiger partial charge in [-0.15, -0.1) is 11.8 Å². The Morgan fingerprint density at radius 1 is 1.14 bits per heavy atom. The monoisotopic (exact) mass is 329 g/mol. The molecular weight excluding hydrogens is 319 g/mol. The molecule has 110 valence electrons. The molecule has 1 nitrogen and oxygen atoms in total. The van der Waals surface area contributed by atoms with Gasteiger partial charge in [-0.05, 0) is 24.0 Å². The lowest BCUT2D eigenvalue weighted by molar-refractivity contribution is 0.448. The molecule has 0 bridgehead atoms. The summed E-state index contributed by atoms with van der Waals surface area (Å²) < 4.78 is 39.2. The van der Waals surface area contributed by atoms with Crippen LogP contribution in [0.1, 0.15) is 5.56 Å². The highest BCUT2D eigenvalue weighted by Crippen LogP contribution is 2.29. The van der Waals surface area contributed by atoms with E-state index in [1.54, 1.807) is 18.2 Å². The van der Waals surface area contributed by atoms with Crippen molar-refractivity contribution in [3.05, 3.63) is 64.9 Å². The molecule has 0 radical (unpaired) electrons.